The molecule has 0 amide bonds. The minimum absolute atomic E-state index is 0.217. The summed E-state index contributed by atoms with van der Waals surface area (Å²) in [6.45, 7) is 2.79. The molecule has 2 heterocycles. The maximum atomic E-state index is 11.3. The molecule has 2 aromatic rings. The number of esters is 1. The van der Waals surface area contributed by atoms with Crippen LogP contribution in [0, 0.1) is 0 Å². The van der Waals surface area contributed by atoms with Crippen LogP contribution in [0.25, 0.3) is 0 Å². The van der Waals surface area contributed by atoms with E-state index in [0.717, 1.165) is 16.6 Å². The van der Waals surface area contributed by atoms with Crippen molar-refractivity contribution in [1.82, 2.24) is 14.5 Å². The van der Waals surface area contributed by atoms with Gasteiger partial charge < -0.3 is 14.6 Å². The maximum absolute atomic E-state index is 11.3. The van der Waals surface area contributed by atoms with Crippen LogP contribution >= 0.6 is 11.3 Å². The van der Waals surface area contributed by atoms with Crippen molar-refractivity contribution in [3.63, 3.8) is 0 Å². The van der Waals surface area contributed by atoms with Gasteiger partial charge in [-0.1, -0.05) is 0 Å². The fraction of sp³-hybridized carbons (Fsp3) is 0.417. The minimum atomic E-state index is -0.247. The van der Waals surface area contributed by atoms with E-state index in [4.69, 9.17) is 4.74 Å². The summed E-state index contributed by atoms with van der Waals surface area (Å²) >= 11 is 1.47. The SMILES string of the molecule is CCOC(=O)Cc1csc(NCc2nccn2C)n1. The van der Waals surface area contributed by atoms with Gasteiger partial charge in [-0.3, -0.25) is 4.79 Å². The van der Waals surface area contributed by atoms with Gasteiger partial charge in [0.25, 0.3) is 0 Å². The van der Waals surface area contributed by atoms with E-state index in [9.17, 15) is 4.79 Å². The first kappa shape index (κ1) is 13.5. The molecule has 0 saturated heterocycles. The molecule has 0 spiro atoms. The number of carbonyl (C=O) groups is 1. The summed E-state index contributed by atoms with van der Waals surface area (Å²) in [4.78, 5) is 19.9. The number of imidazole rings is 1. The molecular formula is C12H16N4O2S. The molecule has 0 aromatic carbocycles. The van der Waals surface area contributed by atoms with Crippen LogP contribution in [-0.4, -0.2) is 27.1 Å². The Morgan fingerprint density at radius 2 is 2.42 bits per heavy atom. The van der Waals surface area contributed by atoms with Crippen molar-refractivity contribution in [1.29, 1.82) is 0 Å². The van der Waals surface area contributed by atoms with E-state index >= 15 is 0 Å². The summed E-state index contributed by atoms with van der Waals surface area (Å²) in [6.07, 6.45) is 3.87. The van der Waals surface area contributed by atoms with Gasteiger partial charge in [0.05, 0.1) is 25.3 Å². The summed E-state index contributed by atoms with van der Waals surface area (Å²) in [6, 6.07) is 0. The Bertz CT molecular complexity index is 549. The molecule has 0 aliphatic heterocycles. The third-order valence-corrected chi connectivity index (χ3v) is 3.35. The van der Waals surface area contributed by atoms with Gasteiger partial charge in [-0.05, 0) is 6.92 Å². The van der Waals surface area contributed by atoms with Crippen molar-refractivity contribution in [2.75, 3.05) is 11.9 Å². The third kappa shape index (κ3) is 3.78. The number of aryl methyl sites for hydroxylation is 1. The van der Waals surface area contributed by atoms with E-state index in [1.54, 1.807) is 13.1 Å². The second-order valence-corrected chi connectivity index (χ2v) is 4.79. The van der Waals surface area contributed by atoms with Crippen LogP contribution < -0.4 is 5.32 Å². The Morgan fingerprint density at radius 1 is 1.58 bits per heavy atom. The molecule has 0 unspecified atom stereocenters. The van der Waals surface area contributed by atoms with Crippen molar-refractivity contribution < 1.29 is 9.53 Å². The molecule has 0 radical (unpaired) electrons. The Hall–Kier alpha value is -1.89. The summed E-state index contributed by atoms with van der Waals surface area (Å²) in [7, 11) is 1.94. The van der Waals surface area contributed by atoms with E-state index in [1.165, 1.54) is 11.3 Å². The Kier molecular flexibility index (Phi) is 4.51. The predicted molar refractivity (Wildman–Crippen MR) is 73.0 cm³/mol. The van der Waals surface area contributed by atoms with Gasteiger partial charge in [0.2, 0.25) is 0 Å². The first-order valence-electron chi connectivity index (χ1n) is 5.99. The molecule has 0 fully saturated rings. The van der Waals surface area contributed by atoms with E-state index in [-0.39, 0.29) is 12.4 Å². The van der Waals surface area contributed by atoms with Crippen LogP contribution in [0.1, 0.15) is 18.4 Å². The Balaban J connectivity index is 1.87. The van der Waals surface area contributed by atoms with Crippen LogP contribution in [0.5, 0.6) is 0 Å². The monoisotopic (exact) mass is 280 g/mol. The summed E-state index contributed by atoms with van der Waals surface area (Å²) in [5, 5.41) is 5.82. The maximum Gasteiger partial charge on any atom is 0.311 e. The number of hydrogen-bond acceptors (Lipinski definition) is 6. The molecule has 2 aromatic heterocycles. The number of rotatable bonds is 6. The second kappa shape index (κ2) is 6.33. The van der Waals surface area contributed by atoms with Gasteiger partial charge in [-0.2, -0.15) is 0 Å². The molecule has 1 N–H and O–H groups in total. The van der Waals surface area contributed by atoms with Crippen molar-refractivity contribution in [3.05, 3.63) is 29.3 Å². The molecule has 0 aliphatic rings. The number of thiazole rings is 1. The predicted octanol–water partition coefficient (Wildman–Crippen LogP) is 1.59. The third-order valence-electron chi connectivity index (χ3n) is 2.50. The fourth-order valence-electron chi connectivity index (χ4n) is 1.55. The van der Waals surface area contributed by atoms with E-state index in [1.807, 2.05) is 23.2 Å². The first-order valence-corrected chi connectivity index (χ1v) is 6.87. The van der Waals surface area contributed by atoms with Gasteiger partial charge >= 0.3 is 5.97 Å². The number of hydrogen-bond donors (Lipinski definition) is 1. The molecule has 19 heavy (non-hydrogen) atoms. The zero-order valence-electron chi connectivity index (χ0n) is 10.9. The molecule has 0 atom stereocenters. The number of carbonyl (C=O) groups excluding carboxylic acids is 1. The zero-order chi connectivity index (χ0) is 13.7. The summed E-state index contributed by atoms with van der Waals surface area (Å²) in [5.74, 6) is 0.686. The van der Waals surface area contributed by atoms with Crippen LogP contribution in [0.2, 0.25) is 0 Å². The van der Waals surface area contributed by atoms with E-state index in [0.29, 0.717) is 13.2 Å². The van der Waals surface area contributed by atoms with Crippen molar-refractivity contribution in [2.24, 2.45) is 7.05 Å². The molecule has 0 bridgehead atoms. The van der Waals surface area contributed by atoms with Crippen molar-refractivity contribution in [2.45, 2.75) is 19.9 Å². The lowest BCUT2D eigenvalue weighted by atomic mass is 10.3. The molecule has 102 valence electrons. The highest BCUT2D eigenvalue weighted by molar-refractivity contribution is 7.13. The molecule has 0 aliphatic carbocycles. The van der Waals surface area contributed by atoms with E-state index < -0.39 is 0 Å². The highest BCUT2D eigenvalue weighted by Crippen LogP contribution is 2.16. The zero-order valence-corrected chi connectivity index (χ0v) is 11.7. The number of ether oxygens (including phenoxy) is 1. The van der Waals surface area contributed by atoms with E-state index in [2.05, 4.69) is 15.3 Å². The molecule has 2 rings (SSSR count). The largest absolute Gasteiger partial charge is 0.466 e. The van der Waals surface area contributed by atoms with Crippen molar-refractivity contribution in [3.8, 4) is 0 Å². The molecule has 0 saturated carbocycles. The van der Waals surface area contributed by atoms with Gasteiger partial charge in [0, 0.05) is 24.8 Å². The molecule has 6 nitrogen and oxygen atoms in total. The van der Waals surface area contributed by atoms with Crippen LogP contribution in [0.15, 0.2) is 17.8 Å². The second-order valence-electron chi connectivity index (χ2n) is 3.93. The number of anilines is 1. The van der Waals surface area contributed by atoms with Gasteiger partial charge in [0.1, 0.15) is 5.82 Å². The molecular weight excluding hydrogens is 264 g/mol. The van der Waals surface area contributed by atoms with Crippen LogP contribution in [0.3, 0.4) is 0 Å². The fourth-order valence-corrected chi connectivity index (χ4v) is 2.26. The van der Waals surface area contributed by atoms with Gasteiger partial charge in [-0.15, -0.1) is 11.3 Å². The smallest absolute Gasteiger partial charge is 0.311 e. The number of nitrogens with zero attached hydrogens (tertiary/aromatic N) is 3. The first-order chi connectivity index (χ1) is 9.19. The lowest BCUT2D eigenvalue weighted by Gasteiger charge is -2.02. The normalized spacial score (nSPS) is 10.4. The lowest BCUT2D eigenvalue weighted by Crippen LogP contribution is -2.08. The van der Waals surface area contributed by atoms with Crippen LogP contribution in [-0.2, 0) is 29.5 Å². The molecule has 7 heteroatoms. The average molecular weight is 280 g/mol. The van der Waals surface area contributed by atoms with Crippen molar-refractivity contribution >= 4 is 22.4 Å². The topological polar surface area (TPSA) is 69.0 Å². The average Bonchev–Trinajstić information content (AvgIpc) is 2.96. The van der Waals surface area contributed by atoms with Gasteiger partial charge in [0.15, 0.2) is 5.13 Å². The highest BCUT2D eigenvalue weighted by atomic mass is 32.1. The quantitative estimate of drug-likeness (QED) is 0.814. The standard InChI is InChI=1S/C12H16N4O2S/c1-3-18-11(17)6-9-8-19-12(15-9)14-7-10-13-4-5-16(10)2/h4-5,8H,3,6-7H2,1-2H3,(H,14,15). The number of nitrogens with one attached hydrogen (secondary N) is 1. The minimum Gasteiger partial charge on any atom is -0.466 e. The van der Waals surface area contributed by atoms with Crippen LogP contribution in [0.4, 0.5) is 5.13 Å². The van der Waals surface area contributed by atoms with Gasteiger partial charge in [-0.25, -0.2) is 9.97 Å². The summed E-state index contributed by atoms with van der Waals surface area (Å²) in [5.41, 5.74) is 0.728. The lowest BCUT2D eigenvalue weighted by molar-refractivity contribution is -0.142. The Morgan fingerprint density at radius 3 is 3.11 bits per heavy atom. The Labute approximate surface area is 115 Å². The summed E-state index contributed by atoms with van der Waals surface area (Å²) < 4.78 is 6.83. The highest BCUT2D eigenvalue weighted by Gasteiger charge is 2.08. The number of aromatic nitrogens is 3.